The molecule has 17 heavy (non-hydrogen) atoms. The van der Waals surface area contributed by atoms with E-state index >= 15 is 0 Å². The van der Waals surface area contributed by atoms with Crippen LogP contribution in [0.25, 0.3) is 0 Å². The molecule has 0 saturated heterocycles. The van der Waals surface area contributed by atoms with Gasteiger partial charge in [-0.25, -0.2) is 0 Å². The van der Waals surface area contributed by atoms with Gasteiger partial charge in [0.25, 0.3) is 5.91 Å². The molecule has 0 atom stereocenters. The Morgan fingerprint density at radius 1 is 1.59 bits per heavy atom. The Labute approximate surface area is 99.3 Å². The van der Waals surface area contributed by atoms with Gasteiger partial charge in [-0.1, -0.05) is 13.0 Å². The van der Waals surface area contributed by atoms with E-state index in [4.69, 9.17) is 9.52 Å². The van der Waals surface area contributed by atoms with Crippen molar-refractivity contribution in [3.05, 3.63) is 36.3 Å². The van der Waals surface area contributed by atoms with E-state index in [1.165, 1.54) is 17.2 Å². The van der Waals surface area contributed by atoms with Crippen LogP contribution in [-0.4, -0.2) is 35.0 Å². The van der Waals surface area contributed by atoms with Crippen LogP contribution in [-0.2, 0) is 11.2 Å². The molecule has 0 fully saturated rings. The van der Waals surface area contributed by atoms with Gasteiger partial charge in [0.2, 0.25) is 0 Å². The molecule has 0 aliphatic heterocycles. The average Bonchev–Trinajstić information content (AvgIpc) is 2.74. The molecule has 0 aliphatic rings. The van der Waals surface area contributed by atoms with Gasteiger partial charge in [-0.3, -0.25) is 9.59 Å². The number of rotatable bonds is 6. The molecule has 1 aromatic rings. The Morgan fingerprint density at radius 2 is 2.29 bits per heavy atom. The lowest BCUT2D eigenvalue weighted by Crippen LogP contribution is -2.36. The summed E-state index contributed by atoms with van der Waals surface area (Å²) in [5.41, 5.74) is 0.413. The topological polar surface area (TPSA) is 70.8 Å². The molecular weight excluding hydrogens is 222 g/mol. The maximum atomic E-state index is 12.1. The Kier molecular flexibility index (Phi) is 4.51. The molecule has 1 amide bonds. The number of carboxylic acids is 1. The number of hydrogen-bond acceptors (Lipinski definition) is 3. The molecule has 1 rings (SSSR count). The minimum absolute atomic E-state index is 0.194. The lowest BCUT2D eigenvalue weighted by molar-refractivity contribution is -0.137. The second-order valence-electron chi connectivity index (χ2n) is 3.48. The summed E-state index contributed by atoms with van der Waals surface area (Å²) in [6.45, 7) is 5.22. The number of furan rings is 1. The summed E-state index contributed by atoms with van der Waals surface area (Å²) in [5.74, 6) is -0.839. The van der Waals surface area contributed by atoms with Crippen molar-refractivity contribution in [2.45, 2.75) is 13.3 Å². The predicted molar refractivity (Wildman–Crippen MR) is 61.8 cm³/mol. The zero-order valence-corrected chi connectivity index (χ0v) is 9.68. The van der Waals surface area contributed by atoms with Crippen LogP contribution in [0.1, 0.15) is 23.0 Å². The van der Waals surface area contributed by atoms with Gasteiger partial charge in [0.1, 0.15) is 12.3 Å². The monoisotopic (exact) mass is 237 g/mol. The Morgan fingerprint density at radius 3 is 2.82 bits per heavy atom. The molecule has 0 aliphatic carbocycles. The lowest BCUT2D eigenvalue weighted by atomic mass is 10.2. The molecule has 92 valence electrons. The SMILES string of the molecule is C=CCN(CC(=O)O)C(=O)c1ccoc1CC. The first-order chi connectivity index (χ1) is 8.10. The van der Waals surface area contributed by atoms with Gasteiger partial charge in [0.05, 0.1) is 11.8 Å². The highest BCUT2D eigenvalue weighted by atomic mass is 16.4. The summed E-state index contributed by atoms with van der Waals surface area (Å²) in [5, 5.41) is 8.73. The van der Waals surface area contributed by atoms with Crippen LogP contribution >= 0.6 is 0 Å². The maximum Gasteiger partial charge on any atom is 0.323 e. The molecule has 0 unspecified atom stereocenters. The van der Waals surface area contributed by atoms with Crippen molar-refractivity contribution in [3.63, 3.8) is 0 Å². The molecule has 1 N–H and O–H groups in total. The van der Waals surface area contributed by atoms with E-state index in [9.17, 15) is 9.59 Å². The van der Waals surface area contributed by atoms with Crippen LogP contribution in [0, 0.1) is 0 Å². The van der Waals surface area contributed by atoms with Gasteiger partial charge >= 0.3 is 5.97 Å². The van der Waals surface area contributed by atoms with E-state index in [-0.39, 0.29) is 19.0 Å². The first kappa shape index (κ1) is 13.0. The van der Waals surface area contributed by atoms with Gasteiger partial charge in [-0.05, 0) is 6.07 Å². The van der Waals surface area contributed by atoms with Crippen LogP contribution < -0.4 is 0 Å². The van der Waals surface area contributed by atoms with E-state index < -0.39 is 5.97 Å². The summed E-state index contributed by atoms with van der Waals surface area (Å²) in [6.07, 6.45) is 3.51. The summed E-state index contributed by atoms with van der Waals surface area (Å²) < 4.78 is 5.15. The van der Waals surface area contributed by atoms with Crippen molar-refractivity contribution in [3.8, 4) is 0 Å². The van der Waals surface area contributed by atoms with Crippen molar-refractivity contribution < 1.29 is 19.1 Å². The minimum atomic E-state index is -1.05. The van der Waals surface area contributed by atoms with Crippen molar-refractivity contribution in [2.24, 2.45) is 0 Å². The fraction of sp³-hybridized carbons (Fsp3) is 0.333. The second kappa shape index (κ2) is 5.89. The normalized spacial score (nSPS) is 9.94. The van der Waals surface area contributed by atoms with E-state index in [0.29, 0.717) is 17.7 Å². The van der Waals surface area contributed by atoms with E-state index in [0.717, 1.165) is 0 Å². The number of hydrogen-bond donors (Lipinski definition) is 1. The number of carboxylic acid groups (broad SMARTS) is 1. The van der Waals surface area contributed by atoms with Crippen LogP contribution in [0.5, 0.6) is 0 Å². The van der Waals surface area contributed by atoms with E-state index in [1.807, 2.05) is 6.92 Å². The van der Waals surface area contributed by atoms with Crippen LogP contribution in [0.15, 0.2) is 29.4 Å². The fourth-order valence-electron chi connectivity index (χ4n) is 1.51. The van der Waals surface area contributed by atoms with Crippen molar-refractivity contribution >= 4 is 11.9 Å². The van der Waals surface area contributed by atoms with Crippen molar-refractivity contribution in [2.75, 3.05) is 13.1 Å². The van der Waals surface area contributed by atoms with Gasteiger partial charge in [0.15, 0.2) is 0 Å². The Balaban J connectivity index is 2.90. The third-order valence-electron chi connectivity index (χ3n) is 2.26. The third kappa shape index (κ3) is 3.21. The zero-order chi connectivity index (χ0) is 12.8. The van der Waals surface area contributed by atoms with Crippen LogP contribution in [0.3, 0.4) is 0 Å². The number of aryl methyl sites for hydroxylation is 1. The number of amides is 1. The smallest absolute Gasteiger partial charge is 0.323 e. The molecule has 5 nitrogen and oxygen atoms in total. The molecule has 0 saturated carbocycles. The number of nitrogens with zero attached hydrogens (tertiary/aromatic N) is 1. The number of aliphatic carboxylic acids is 1. The Hall–Kier alpha value is -2.04. The quantitative estimate of drug-likeness (QED) is 0.762. The highest BCUT2D eigenvalue weighted by Gasteiger charge is 2.21. The summed E-state index contributed by atoms with van der Waals surface area (Å²) in [6, 6.07) is 1.55. The third-order valence-corrected chi connectivity index (χ3v) is 2.26. The fourth-order valence-corrected chi connectivity index (χ4v) is 1.51. The number of carbonyl (C=O) groups excluding carboxylic acids is 1. The second-order valence-corrected chi connectivity index (χ2v) is 3.48. The first-order valence-electron chi connectivity index (χ1n) is 5.28. The van der Waals surface area contributed by atoms with Gasteiger partial charge in [-0.15, -0.1) is 6.58 Å². The largest absolute Gasteiger partial charge is 0.480 e. The lowest BCUT2D eigenvalue weighted by Gasteiger charge is -2.18. The minimum Gasteiger partial charge on any atom is -0.480 e. The molecular formula is C12H15NO4. The van der Waals surface area contributed by atoms with E-state index in [1.54, 1.807) is 6.07 Å². The van der Waals surface area contributed by atoms with E-state index in [2.05, 4.69) is 6.58 Å². The molecule has 5 heteroatoms. The predicted octanol–water partition coefficient (Wildman–Crippen LogP) is 1.55. The molecule has 0 radical (unpaired) electrons. The summed E-state index contributed by atoms with van der Waals surface area (Å²) in [4.78, 5) is 23.9. The van der Waals surface area contributed by atoms with Gasteiger partial charge < -0.3 is 14.4 Å². The Bertz CT molecular complexity index is 422. The molecule has 0 aromatic carbocycles. The first-order valence-corrected chi connectivity index (χ1v) is 5.28. The molecule has 0 bridgehead atoms. The maximum absolute atomic E-state index is 12.1. The van der Waals surface area contributed by atoms with Gasteiger partial charge in [-0.2, -0.15) is 0 Å². The average molecular weight is 237 g/mol. The van der Waals surface area contributed by atoms with Crippen LogP contribution in [0.2, 0.25) is 0 Å². The van der Waals surface area contributed by atoms with Crippen molar-refractivity contribution in [1.29, 1.82) is 0 Å². The summed E-state index contributed by atoms with van der Waals surface area (Å²) in [7, 11) is 0. The molecule has 0 spiro atoms. The number of carbonyl (C=O) groups is 2. The van der Waals surface area contributed by atoms with Crippen molar-refractivity contribution in [1.82, 2.24) is 4.90 Å². The molecule has 1 aromatic heterocycles. The highest BCUT2D eigenvalue weighted by Crippen LogP contribution is 2.14. The highest BCUT2D eigenvalue weighted by molar-refractivity contribution is 5.96. The van der Waals surface area contributed by atoms with Crippen LogP contribution in [0.4, 0.5) is 0 Å². The summed E-state index contributed by atoms with van der Waals surface area (Å²) >= 11 is 0. The van der Waals surface area contributed by atoms with Gasteiger partial charge in [0, 0.05) is 13.0 Å². The molecule has 1 heterocycles. The zero-order valence-electron chi connectivity index (χ0n) is 9.68. The standard InChI is InChI=1S/C12H15NO4/c1-3-6-13(8-11(14)15)12(16)9-5-7-17-10(9)4-2/h3,5,7H,1,4,6,8H2,2H3,(H,14,15).